The van der Waals surface area contributed by atoms with Crippen LogP contribution in [0.25, 0.3) is 5.70 Å². The number of rotatable bonds is 2. The Morgan fingerprint density at radius 2 is 2.23 bits per heavy atom. The summed E-state index contributed by atoms with van der Waals surface area (Å²) in [6.07, 6.45) is 1.68. The molecule has 1 saturated heterocycles. The first-order valence-corrected chi connectivity index (χ1v) is 4.56. The normalized spacial score (nSPS) is 17.4. The average Bonchev–Trinajstić information content (AvgIpc) is 2.71. The molecule has 3 nitrogen and oxygen atoms in total. The van der Waals surface area contributed by atoms with Crippen LogP contribution in [0.3, 0.4) is 0 Å². The first kappa shape index (κ1) is 8.38. The summed E-state index contributed by atoms with van der Waals surface area (Å²) >= 11 is 0. The van der Waals surface area contributed by atoms with E-state index in [9.17, 15) is 0 Å². The van der Waals surface area contributed by atoms with Crippen molar-refractivity contribution in [2.75, 3.05) is 26.2 Å². The molecule has 1 aromatic rings. The van der Waals surface area contributed by atoms with E-state index in [1.165, 1.54) is 0 Å². The van der Waals surface area contributed by atoms with Crippen molar-refractivity contribution in [3.8, 4) is 0 Å². The topological polar surface area (TPSA) is 28.4 Å². The lowest BCUT2D eigenvalue weighted by Gasteiger charge is -2.29. The fourth-order valence-electron chi connectivity index (χ4n) is 1.53. The van der Waals surface area contributed by atoms with Gasteiger partial charge >= 0.3 is 0 Å². The third kappa shape index (κ3) is 1.75. The van der Waals surface area contributed by atoms with Gasteiger partial charge in [-0.1, -0.05) is 6.58 Å². The van der Waals surface area contributed by atoms with Gasteiger partial charge in [-0.3, -0.25) is 0 Å². The van der Waals surface area contributed by atoms with E-state index in [0.717, 1.165) is 37.6 Å². The van der Waals surface area contributed by atoms with Crippen LogP contribution in [0.5, 0.6) is 0 Å². The quantitative estimate of drug-likeness (QED) is 0.736. The highest BCUT2D eigenvalue weighted by Crippen LogP contribution is 2.17. The summed E-state index contributed by atoms with van der Waals surface area (Å²) in [5, 5.41) is 3.30. The lowest BCUT2D eigenvalue weighted by molar-refractivity contribution is 0.333. The molecule has 0 atom stereocenters. The highest BCUT2D eigenvalue weighted by atomic mass is 16.3. The van der Waals surface area contributed by atoms with Crippen molar-refractivity contribution < 1.29 is 4.42 Å². The number of hydrogen-bond donors (Lipinski definition) is 1. The Labute approximate surface area is 78.0 Å². The number of furan rings is 1. The maximum Gasteiger partial charge on any atom is 0.149 e. The standard InChI is InChI=1S/C10H14N2O/c1-9(10-3-2-8-13-10)12-6-4-11-5-7-12/h2-3,8,11H,1,4-7H2. The minimum Gasteiger partial charge on any atom is -0.463 e. The molecule has 0 aromatic carbocycles. The average molecular weight is 178 g/mol. The van der Waals surface area contributed by atoms with Gasteiger partial charge in [-0.25, -0.2) is 0 Å². The fraction of sp³-hybridized carbons (Fsp3) is 0.400. The van der Waals surface area contributed by atoms with E-state index in [2.05, 4.69) is 16.8 Å². The molecule has 70 valence electrons. The summed E-state index contributed by atoms with van der Waals surface area (Å²) in [5.74, 6) is 0.877. The molecule has 0 saturated carbocycles. The molecule has 13 heavy (non-hydrogen) atoms. The van der Waals surface area contributed by atoms with Gasteiger partial charge in [0.2, 0.25) is 0 Å². The molecule has 0 unspecified atom stereocenters. The van der Waals surface area contributed by atoms with Crippen LogP contribution < -0.4 is 5.32 Å². The molecule has 0 aliphatic carbocycles. The summed E-state index contributed by atoms with van der Waals surface area (Å²) in [7, 11) is 0. The van der Waals surface area contributed by atoms with Gasteiger partial charge in [-0.15, -0.1) is 0 Å². The second kappa shape index (κ2) is 3.66. The van der Waals surface area contributed by atoms with Crippen LogP contribution in [0.2, 0.25) is 0 Å². The van der Waals surface area contributed by atoms with Crippen LogP contribution in [0, 0.1) is 0 Å². The minimum atomic E-state index is 0.877. The van der Waals surface area contributed by atoms with Crippen LogP contribution in [-0.2, 0) is 0 Å². The molecule has 0 spiro atoms. The summed E-state index contributed by atoms with van der Waals surface area (Å²) in [6, 6.07) is 3.84. The van der Waals surface area contributed by atoms with Gasteiger partial charge in [-0.2, -0.15) is 0 Å². The Balaban J connectivity index is 2.04. The molecule has 2 heterocycles. The lowest BCUT2D eigenvalue weighted by atomic mass is 10.3. The third-order valence-electron chi connectivity index (χ3n) is 2.30. The van der Waals surface area contributed by atoms with E-state index in [-0.39, 0.29) is 0 Å². The van der Waals surface area contributed by atoms with Crippen molar-refractivity contribution in [3.05, 3.63) is 30.7 Å². The van der Waals surface area contributed by atoms with Crippen LogP contribution >= 0.6 is 0 Å². The summed E-state index contributed by atoms with van der Waals surface area (Å²) < 4.78 is 5.29. The van der Waals surface area contributed by atoms with Crippen LogP contribution in [0.4, 0.5) is 0 Å². The highest BCUT2D eigenvalue weighted by Gasteiger charge is 2.13. The van der Waals surface area contributed by atoms with E-state index in [0.29, 0.717) is 0 Å². The molecular formula is C10H14N2O. The molecule has 0 amide bonds. The zero-order valence-corrected chi connectivity index (χ0v) is 7.62. The first-order chi connectivity index (χ1) is 6.38. The van der Waals surface area contributed by atoms with Gasteiger partial charge in [0.15, 0.2) is 0 Å². The van der Waals surface area contributed by atoms with Crippen LogP contribution in [0.1, 0.15) is 5.76 Å². The number of hydrogen-bond acceptors (Lipinski definition) is 3. The summed E-state index contributed by atoms with van der Waals surface area (Å²) in [5.41, 5.74) is 0.992. The Morgan fingerprint density at radius 1 is 1.46 bits per heavy atom. The van der Waals surface area contributed by atoms with Crippen molar-refractivity contribution >= 4 is 5.70 Å². The first-order valence-electron chi connectivity index (χ1n) is 4.56. The predicted octanol–water partition coefficient (Wildman–Crippen LogP) is 1.16. The molecule has 1 fully saturated rings. The molecule has 1 N–H and O–H groups in total. The lowest BCUT2D eigenvalue weighted by Crippen LogP contribution is -2.42. The van der Waals surface area contributed by atoms with Crippen molar-refractivity contribution in [1.29, 1.82) is 0 Å². The van der Waals surface area contributed by atoms with Gasteiger partial charge in [0.1, 0.15) is 5.76 Å². The van der Waals surface area contributed by atoms with E-state index < -0.39 is 0 Å². The van der Waals surface area contributed by atoms with Gasteiger partial charge < -0.3 is 14.6 Å². The van der Waals surface area contributed by atoms with Crippen molar-refractivity contribution in [3.63, 3.8) is 0 Å². The fourth-order valence-corrected chi connectivity index (χ4v) is 1.53. The number of piperazine rings is 1. The van der Waals surface area contributed by atoms with E-state index in [1.54, 1.807) is 6.26 Å². The molecule has 1 aliphatic heterocycles. The van der Waals surface area contributed by atoms with E-state index in [4.69, 9.17) is 4.42 Å². The SMILES string of the molecule is C=C(c1ccco1)N1CCNCC1. The van der Waals surface area contributed by atoms with Crippen LogP contribution in [-0.4, -0.2) is 31.1 Å². The smallest absolute Gasteiger partial charge is 0.149 e. The van der Waals surface area contributed by atoms with Crippen molar-refractivity contribution in [2.45, 2.75) is 0 Å². The van der Waals surface area contributed by atoms with Crippen LogP contribution in [0.15, 0.2) is 29.4 Å². The molecule has 3 heteroatoms. The highest BCUT2D eigenvalue weighted by molar-refractivity contribution is 5.56. The largest absolute Gasteiger partial charge is 0.463 e. The van der Waals surface area contributed by atoms with Crippen molar-refractivity contribution in [1.82, 2.24) is 10.2 Å². The monoisotopic (exact) mass is 178 g/mol. The molecular weight excluding hydrogens is 164 g/mol. The Bertz CT molecular complexity index is 273. The molecule has 2 rings (SSSR count). The third-order valence-corrected chi connectivity index (χ3v) is 2.30. The Morgan fingerprint density at radius 3 is 2.85 bits per heavy atom. The Kier molecular flexibility index (Phi) is 2.36. The van der Waals surface area contributed by atoms with Gasteiger partial charge in [0, 0.05) is 26.2 Å². The zero-order chi connectivity index (χ0) is 9.10. The Hall–Kier alpha value is -1.22. The number of nitrogens with one attached hydrogen (secondary N) is 1. The van der Waals surface area contributed by atoms with Gasteiger partial charge in [-0.05, 0) is 12.1 Å². The second-order valence-electron chi connectivity index (χ2n) is 3.16. The van der Waals surface area contributed by atoms with Gasteiger partial charge in [0.05, 0.1) is 12.0 Å². The molecule has 0 radical (unpaired) electrons. The minimum absolute atomic E-state index is 0.877. The van der Waals surface area contributed by atoms with Gasteiger partial charge in [0.25, 0.3) is 0 Å². The number of nitrogens with zero attached hydrogens (tertiary/aromatic N) is 1. The van der Waals surface area contributed by atoms with E-state index >= 15 is 0 Å². The summed E-state index contributed by atoms with van der Waals surface area (Å²) in [6.45, 7) is 8.11. The maximum atomic E-state index is 5.29. The molecule has 1 aliphatic rings. The molecule has 1 aromatic heterocycles. The summed E-state index contributed by atoms with van der Waals surface area (Å²) in [4.78, 5) is 2.25. The molecule has 0 bridgehead atoms. The maximum absolute atomic E-state index is 5.29. The second-order valence-corrected chi connectivity index (χ2v) is 3.16. The predicted molar refractivity (Wildman–Crippen MR) is 52.2 cm³/mol. The zero-order valence-electron chi connectivity index (χ0n) is 7.62. The van der Waals surface area contributed by atoms with E-state index in [1.807, 2.05) is 12.1 Å². The van der Waals surface area contributed by atoms with Crippen molar-refractivity contribution in [2.24, 2.45) is 0 Å².